The molecule has 3 aromatic carbocycles. The average molecular weight is 579 g/mol. The molecule has 2 heterocycles. The van der Waals surface area contributed by atoms with Crippen LogP contribution in [0, 0.1) is 20.8 Å². The summed E-state index contributed by atoms with van der Waals surface area (Å²) in [6.45, 7) is 2.61. The van der Waals surface area contributed by atoms with Crippen LogP contribution in [-0.2, 0) is 10.0 Å². The minimum Gasteiger partial charge on any atom is -0.440 e. The zero-order valence-electron chi connectivity index (χ0n) is 23.1. The summed E-state index contributed by atoms with van der Waals surface area (Å²) >= 11 is 0. The lowest BCUT2D eigenvalue weighted by Gasteiger charge is -2.15. The van der Waals surface area contributed by atoms with Crippen LogP contribution in [0.25, 0.3) is 39.4 Å². The summed E-state index contributed by atoms with van der Waals surface area (Å²) in [5.41, 5.74) is 4.96. The van der Waals surface area contributed by atoms with Crippen molar-refractivity contribution in [3.05, 3.63) is 90.3 Å². The van der Waals surface area contributed by atoms with Crippen molar-refractivity contribution < 1.29 is 26.4 Å². The number of benzene rings is 3. The summed E-state index contributed by atoms with van der Waals surface area (Å²) in [4.78, 5) is 9.44. The van der Waals surface area contributed by atoms with E-state index in [2.05, 4.69) is 9.72 Å². The Bertz CT molecular complexity index is 1830. The van der Waals surface area contributed by atoms with Gasteiger partial charge in [0.2, 0.25) is 10.0 Å². The lowest BCUT2D eigenvalue weighted by atomic mass is 9.98. The summed E-state index contributed by atoms with van der Waals surface area (Å²) in [5.74, 6) is 1.66. The Morgan fingerprint density at radius 3 is 2.22 bits per heavy atom. The van der Waals surface area contributed by atoms with E-state index in [-0.39, 0.29) is 10.6 Å². The minimum absolute atomic E-state index is 0.0290. The first-order chi connectivity index (χ1) is 19.4. The van der Waals surface area contributed by atoms with Crippen LogP contribution in [0.2, 0.25) is 0 Å². The van der Waals surface area contributed by atoms with Crippen LogP contribution in [0.1, 0.15) is 17.4 Å². The number of halogens is 2. The van der Waals surface area contributed by atoms with Gasteiger partial charge in [0.1, 0.15) is 17.3 Å². The van der Waals surface area contributed by atoms with Gasteiger partial charge in [0.25, 0.3) is 0 Å². The summed E-state index contributed by atoms with van der Waals surface area (Å²) in [5, 5.41) is 0. The third-order valence-electron chi connectivity index (χ3n) is 6.54. The van der Waals surface area contributed by atoms with Gasteiger partial charge in [-0.15, -0.1) is 0 Å². The Hall–Kier alpha value is -4.35. The second-order valence-electron chi connectivity index (χ2n) is 9.66. The molecule has 212 valence electrons. The molecule has 0 atom stereocenters. The normalized spacial score (nSPS) is 11.9. The largest absolute Gasteiger partial charge is 0.440 e. The van der Waals surface area contributed by atoms with E-state index < -0.39 is 16.6 Å². The fraction of sp³-hybridized carbons (Fsp3) is 0.200. The van der Waals surface area contributed by atoms with Crippen LogP contribution in [0.3, 0.4) is 0 Å². The molecule has 2 aromatic heterocycles. The molecule has 5 aromatic rings. The van der Waals surface area contributed by atoms with Crippen molar-refractivity contribution in [2.75, 3.05) is 14.1 Å². The molecular weight excluding hydrogens is 550 g/mol. The molecule has 0 spiro atoms. The molecule has 0 radical (unpaired) electrons. The van der Waals surface area contributed by atoms with E-state index in [1.54, 1.807) is 37.3 Å². The number of imidazole rings is 1. The van der Waals surface area contributed by atoms with E-state index in [0.717, 1.165) is 22.8 Å². The van der Waals surface area contributed by atoms with Crippen molar-refractivity contribution in [3.63, 3.8) is 0 Å². The first-order valence-corrected chi connectivity index (χ1v) is 14.1. The molecule has 0 saturated heterocycles. The fourth-order valence-electron chi connectivity index (χ4n) is 4.62. The maximum absolute atomic E-state index is 12.8. The van der Waals surface area contributed by atoms with Crippen LogP contribution in [0.5, 0.6) is 5.75 Å². The highest BCUT2D eigenvalue weighted by Crippen LogP contribution is 2.39. The lowest BCUT2D eigenvalue weighted by molar-refractivity contribution is -0.0498. The number of alkyl halides is 2. The highest BCUT2D eigenvalue weighted by atomic mass is 32.2. The Morgan fingerprint density at radius 1 is 0.902 bits per heavy atom. The molecule has 11 heteroatoms. The zero-order valence-corrected chi connectivity index (χ0v) is 23.9. The Morgan fingerprint density at radius 2 is 1.59 bits per heavy atom. The Kier molecular flexibility index (Phi) is 7.50. The van der Waals surface area contributed by atoms with E-state index in [1.165, 1.54) is 30.5 Å². The van der Waals surface area contributed by atoms with E-state index >= 15 is 0 Å². The van der Waals surface area contributed by atoms with Gasteiger partial charge in [-0.25, -0.2) is 22.7 Å². The van der Waals surface area contributed by atoms with Gasteiger partial charge in [-0.2, -0.15) is 8.78 Å². The monoisotopic (exact) mass is 578 g/mol. The summed E-state index contributed by atoms with van der Waals surface area (Å²) in [7, 11) is -0.656. The minimum atomic E-state index is -3.64. The standard InChI is InChI=1S/C30H28F2N4O4S/c1-18-17-36(19(2)33-18)27-14-11-23(22-7-6-8-25(15-22)41(37,38)35(4)5)16-26(27)28-29(39-20(3)34-28)21-9-12-24(13-10-21)40-30(31)32/h6-17,30H,1-5H3. The number of rotatable bonds is 8. The number of aryl methyl sites for hydroxylation is 3. The fourth-order valence-corrected chi connectivity index (χ4v) is 5.57. The molecule has 0 N–H and O–H groups in total. The number of hydrogen-bond donors (Lipinski definition) is 0. The van der Waals surface area contributed by atoms with Gasteiger partial charge in [-0.1, -0.05) is 18.2 Å². The molecule has 0 amide bonds. The molecule has 8 nitrogen and oxygen atoms in total. The lowest BCUT2D eigenvalue weighted by Crippen LogP contribution is -2.22. The van der Waals surface area contributed by atoms with Crippen LogP contribution in [0.4, 0.5) is 8.78 Å². The third kappa shape index (κ3) is 5.63. The van der Waals surface area contributed by atoms with Gasteiger partial charge in [-0.05, 0) is 73.5 Å². The van der Waals surface area contributed by atoms with E-state index in [0.29, 0.717) is 34.0 Å². The van der Waals surface area contributed by atoms with Crippen molar-refractivity contribution in [3.8, 4) is 45.1 Å². The van der Waals surface area contributed by atoms with Crippen LogP contribution in [-0.4, -0.2) is 48.0 Å². The van der Waals surface area contributed by atoms with E-state index in [9.17, 15) is 17.2 Å². The van der Waals surface area contributed by atoms with Gasteiger partial charge in [-0.3, -0.25) is 0 Å². The van der Waals surface area contributed by atoms with Gasteiger partial charge in [0.15, 0.2) is 11.7 Å². The molecular formula is C30H28F2N4O4S. The SMILES string of the molecule is Cc1cn(-c2ccc(-c3cccc(S(=O)(=O)N(C)C)c3)cc2-c2nc(C)oc2-c2ccc(OC(F)F)cc2)c(C)n1. The van der Waals surface area contributed by atoms with Gasteiger partial charge in [0.05, 0.1) is 16.3 Å². The second-order valence-corrected chi connectivity index (χ2v) is 11.8. The number of hydrogen-bond acceptors (Lipinski definition) is 6. The molecule has 5 rings (SSSR count). The van der Waals surface area contributed by atoms with Crippen LogP contribution >= 0.6 is 0 Å². The number of ether oxygens (including phenoxy) is 1. The maximum Gasteiger partial charge on any atom is 0.387 e. The Labute approximate surface area is 236 Å². The van der Waals surface area contributed by atoms with E-state index in [1.807, 2.05) is 48.9 Å². The second kappa shape index (κ2) is 10.9. The smallest absolute Gasteiger partial charge is 0.387 e. The van der Waals surface area contributed by atoms with Crippen LogP contribution < -0.4 is 4.74 Å². The number of nitrogens with zero attached hydrogens (tertiary/aromatic N) is 4. The van der Waals surface area contributed by atoms with Crippen LogP contribution in [0.15, 0.2) is 82.2 Å². The zero-order chi connectivity index (χ0) is 29.5. The molecule has 0 fully saturated rings. The van der Waals surface area contributed by atoms with Gasteiger partial charge < -0.3 is 13.7 Å². The molecule has 0 aliphatic heterocycles. The van der Waals surface area contributed by atoms with Crippen molar-refractivity contribution in [2.24, 2.45) is 0 Å². The first-order valence-electron chi connectivity index (χ1n) is 12.7. The highest BCUT2D eigenvalue weighted by Gasteiger charge is 2.22. The maximum atomic E-state index is 12.8. The quantitative estimate of drug-likeness (QED) is 0.205. The summed E-state index contributed by atoms with van der Waals surface area (Å²) in [6.07, 6.45) is 1.92. The highest BCUT2D eigenvalue weighted by molar-refractivity contribution is 7.89. The molecule has 0 saturated carbocycles. The molecule has 0 unspecified atom stereocenters. The molecule has 41 heavy (non-hydrogen) atoms. The number of oxazole rings is 1. The van der Waals surface area contributed by atoms with Crippen molar-refractivity contribution in [1.29, 1.82) is 0 Å². The van der Waals surface area contributed by atoms with Crippen molar-refractivity contribution in [2.45, 2.75) is 32.3 Å². The van der Waals surface area contributed by atoms with Crippen molar-refractivity contribution >= 4 is 10.0 Å². The van der Waals surface area contributed by atoms with Gasteiger partial charge >= 0.3 is 6.61 Å². The number of sulfonamides is 1. The predicted molar refractivity (Wildman–Crippen MR) is 152 cm³/mol. The first kappa shape index (κ1) is 28.2. The number of aromatic nitrogens is 3. The summed E-state index contributed by atoms with van der Waals surface area (Å²) in [6, 6.07) is 18.7. The van der Waals surface area contributed by atoms with Gasteiger partial charge in [0, 0.05) is 38.3 Å². The molecule has 0 bridgehead atoms. The Balaban J connectivity index is 1.70. The van der Waals surface area contributed by atoms with E-state index in [4.69, 9.17) is 9.40 Å². The summed E-state index contributed by atoms with van der Waals surface area (Å²) < 4.78 is 64.6. The predicted octanol–water partition coefficient (Wildman–Crippen LogP) is 6.64. The third-order valence-corrected chi connectivity index (χ3v) is 8.35. The topological polar surface area (TPSA) is 90.5 Å². The average Bonchev–Trinajstić information content (AvgIpc) is 3.49. The molecule has 0 aliphatic rings. The molecule has 0 aliphatic carbocycles. The van der Waals surface area contributed by atoms with Crippen molar-refractivity contribution in [1.82, 2.24) is 18.8 Å².